The molecule has 1 amide bonds. The summed E-state index contributed by atoms with van der Waals surface area (Å²) >= 11 is 0. The monoisotopic (exact) mass is 352 g/mol. The lowest BCUT2D eigenvalue weighted by molar-refractivity contribution is 0.0458. The summed E-state index contributed by atoms with van der Waals surface area (Å²) in [5.74, 6) is -0.505. The summed E-state index contributed by atoms with van der Waals surface area (Å²) in [6.07, 6.45) is -0.870. The SMILES string of the molecule is Cc1c(C(=O)N2CCN(CC(F)F)CC2)cnn1-c1ccc(F)cc1. The first-order chi connectivity index (χ1) is 12.0. The summed E-state index contributed by atoms with van der Waals surface area (Å²) in [6, 6.07) is 5.85. The molecule has 8 heteroatoms. The molecule has 1 aromatic heterocycles. The van der Waals surface area contributed by atoms with Crippen LogP contribution in [-0.2, 0) is 0 Å². The van der Waals surface area contributed by atoms with Crippen molar-refractivity contribution in [1.29, 1.82) is 0 Å². The molecule has 1 aliphatic rings. The molecule has 25 heavy (non-hydrogen) atoms. The fourth-order valence-electron chi connectivity index (χ4n) is 2.96. The van der Waals surface area contributed by atoms with E-state index in [2.05, 4.69) is 5.10 Å². The van der Waals surface area contributed by atoms with Gasteiger partial charge in [-0.1, -0.05) is 0 Å². The van der Waals surface area contributed by atoms with Gasteiger partial charge in [0.15, 0.2) is 0 Å². The molecule has 0 radical (unpaired) electrons. The lowest BCUT2D eigenvalue weighted by Crippen LogP contribution is -2.49. The molecule has 0 bridgehead atoms. The number of aromatic nitrogens is 2. The maximum atomic E-state index is 13.0. The van der Waals surface area contributed by atoms with Gasteiger partial charge >= 0.3 is 0 Å². The molecule has 0 N–H and O–H groups in total. The van der Waals surface area contributed by atoms with Crippen LogP contribution in [0.3, 0.4) is 0 Å². The third kappa shape index (κ3) is 3.84. The van der Waals surface area contributed by atoms with E-state index in [1.807, 2.05) is 0 Å². The standard InChI is InChI=1S/C17H19F3N4O/c1-12-15(10-21-24(12)14-4-2-13(18)3-5-14)17(25)23-8-6-22(7-9-23)11-16(19)20/h2-5,10,16H,6-9,11H2,1H3. The number of rotatable bonds is 4. The van der Waals surface area contributed by atoms with Crippen molar-refractivity contribution in [3.63, 3.8) is 0 Å². The Morgan fingerprint density at radius 1 is 1.16 bits per heavy atom. The number of alkyl halides is 2. The lowest BCUT2D eigenvalue weighted by atomic mass is 10.2. The van der Waals surface area contributed by atoms with Gasteiger partial charge in [-0.25, -0.2) is 17.9 Å². The van der Waals surface area contributed by atoms with Crippen molar-refractivity contribution >= 4 is 5.91 Å². The molecule has 2 aromatic rings. The van der Waals surface area contributed by atoms with Crippen molar-refractivity contribution < 1.29 is 18.0 Å². The van der Waals surface area contributed by atoms with Crippen LogP contribution >= 0.6 is 0 Å². The van der Waals surface area contributed by atoms with E-state index >= 15 is 0 Å². The van der Waals surface area contributed by atoms with Crippen LogP contribution in [0.25, 0.3) is 5.69 Å². The molecular weight excluding hydrogens is 333 g/mol. The van der Waals surface area contributed by atoms with Gasteiger partial charge in [-0.2, -0.15) is 5.10 Å². The summed E-state index contributed by atoms with van der Waals surface area (Å²) in [6.45, 7) is 3.20. The third-order valence-corrected chi connectivity index (χ3v) is 4.37. The maximum absolute atomic E-state index is 13.0. The summed E-state index contributed by atoms with van der Waals surface area (Å²) in [4.78, 5) is 16.0. The smallest absolute Gasteiger partial charge is 0.257 e. The van der Waals surface area contributed by atoms with Crippen LogP contribution in [0.4, 0.5) is 13.2 Å². The summed E-state index contributed by atoms with van der Waals surface area (Å²) in [5, 5.41) is 4.22. The van der Waals surface area contributed by atoms with Gasteiger partial charge < -0.3 is 4.90 Å². The zero-order chi connectivity index (χ0) is 18.0. The summed E-state index contributed by atoms with van der Waals surface area (Å²) in [7, 11) is 0. The molecule has 134 valence electrons. The predicted octanol–water partition coefficient (Wildman–Crippen LogP) is 2.34. The van der Waals surface area contributed by atoms with Crippen molar-refractivity contribution in [2.75, 3.05) is 32.7 Å². The summed E-state index contributed by atoms with van der Waals surface area (Å²) < 4.78 is 39.5. The predicted molar refractivity (Wildman–Crippen MR) is 86.6 cm³/mol. The number of halogens is 3. The minimum atomic E-state index is -2.36. The molecule has 0 saturated carbocycles. The van der Waals surface area contributed by atoms with Crippen LogP contribution < -0.4 is 0 Å². The molecule has 5 nitrogen and oxygen atoms in total. The van der Waals surface area contributed by atoms with Gasteiger partial charge in [0.1, 0.15) is 5.82 Å². The van der Waals surface area contributed by atoms with Crippen molar-refractivity contribution in [2.45, 2.75) is 13.3 Å². The Kier molecular flexibility index (Phi) is 5.08. The lowest BCUT2D eigenvalue weighted by Gasteiger charge is -2.34. The number of hydrogen-bond donors (Lipinski definition) is 0. The van der Waals surface area contributed by atoms with Crippen LogP contribution in [0.1, 0.15) is 16.1 Å². The summed E-state index contributed by atoms with van der Waals surface area (Å²) in [5.41, 5.74) is 1.79. The maximum Gasteiger partial charge on any atom is 0.257 e. The molecule has 0 aliphatic carbocycles. The van der Waals surface area contributed by atoms with Gasteiger partial charge in [0, 0.05) is 26.2 Å². The molecule has 3 rings (SSSR count). The Balaban J connectivity index is 1.70. The highest BCUT2D eigenvalue weighted by atomic mass is 19.3. The van der Waals surface area contributed by atoms with Gasteiger partial charge in [0.05, 0.1) is 29.7 Å². The van der Waals surface area contributed by atoms with E-state index in [-0.39, 0.29) is 18.3 Å². The van der Waals surface area contributed by atoms with E-state index in [0.717, 1.165) is 0 Å². The Morgan fingerprint density at radius 3 is 2.40 bits per heavy atom. The number of amides is 1. The van der Waals surface area contributed by atoms with Crippen LogP contribution in [0, 0.1) is 12.7 Å². The van der Waals surface area contributed by atoms with Crippen LogP contribution in [0.2, 0.25) is 0 Å². The molecular formula is C17H19F3N4O. The molecule has 2 heterocycles. The molecule has 1 saturated heterocycles. The molecule has 1 aliphatic heterocycles. The number of nitrogens with zero attached hydrogens (tertiary/aromatic N) is 4. The van der Waals surface area contributed by atoms with E-state index in [4.69, 9.17) is 0 Å². The second-order valence-corrected chi connectivity index (χ2v) is 6.02. The van der Waals surface area contributed by atoms with Crippen LogP contribution in [-0.4, -0.2) is 64.6 Å². The van der Waals surface area contributed by atoms with Gasteiger partial charge in [-0.15, -0.1) is 0 Å². The molecule has 1 fully saturated rings. The second-order valence-electron chi connectivity index (χ2n) is 6.02. The van der Waals surface area contributed by atoms with Crippen LogP contribution in [0.5, 0.6) is 0 Å². The van der Waals surface area contributed by atoms with Crippen molar-refractivity contribution in [3.8, 4) is 5.69 Å². The van der Waals surface area contributed by atoms with Crippen molar-refractivity contribution in [2.24, 2.45) is 0 Å². The number of carbonyl (C=O) groups excluding carboxylic acids is 1. The quantitative estimate of drug-likeness (QED) is 0.848. The fourth-order valence-corrected chi connectivity index (χ4v) is 2.96. The topological polar surface area (TPSA) is 41.4 Å². The number of benzene rings is 1. The zero-order valence-corrected chi connectivity index (χ0v) is 13.8. The normalized spacial score (nSPS) is 15.8. The molecule has 0 unspecified atom stereocenters. The Bertz CT molecular complexity index is 737. The van der Waals surface area contributed by atoms with E-state index < -0.39 is 6.43 Å². The highest BCUT2D eigenvalue weighted by Gasteiger charge is 2.26. The van der Waals surface area contributed by atoms with E-state index in [9.17, 15) is 18.0 Å². The number of piperazine rings is 1. The second kappa shape index (κ2) is 7.26. The van der Waals surface area contributed by atoms with Gasteiger partial charge in [0.25, 0.3) is 12.3 Å². The van der Waals surface area contributed by atoms with Crippen LogP contribution in [0.15, 0.2) is 30.5 Å². The van der Waals surface area contributed by atoms with Crippen molar-refractivity contribution in [3.05, 3.63) is 47.5 Å². The molecule has 0 spiro atoms. The fraction of sp³-hybridized carbons (Fsp3) is 0.412. The first-order valence-corrected chi connectivity index (χ1v) is 8.06. The third-order valence-electron chi connectivity index (χ3n) is 4.37. The van der Waals surface area contributed by atoms with E-state index in [0.29, 0.717) is 43.1 Å². The highest BCUT2D eigenvalue weighted by Crippen LogP contribution is 2.17. The van der Waals surface area contributed by atoms with Gasteiger partial charge in [-0.3, -0.25) is 9.69 Å². The average Bonchev–Trinajstić information content (AvgIpc) is 2.97. The molecule has 0 atom stereocenters. The van der Waals surface area contributed by atoms with E-state index in [1.54, 1.807) is 33.5 Å². The number of hydrogen-bond acceptors (Lipinski definition) is 3. The Hall–Kier alpha value is -2.35. The number of carbonyl (C=O) groups is 1. The van der Waals surface area contributed by atoms with Crippen molar-refractivity contribution in [1.82, 2.24) is 19.6 Å². The largest absolute Gasteiger partial charge is 0.336 e. The average molecular weight is 352 g/mol. The Morgan fingerprint density at radius 2 is 1.80 bits per heavy atom. The van der Waals surface area contributed by atoms with Gasteiger partial charge in [-0.05, 0) is 31.2 Å². The first-order valence-electron chi connectivity index (χ1n) is 8.06. The Labute approximate surface area is 143 Å². The van der Waals surface area contributed by atoms with E-state index in [1.165, 1.54) is 18.3 Å². The zero-order valence-electron chi connectivity index (χ0n) is 13.8. The minimum absolute atomic E-state index is 0.164. The minimum Gasteiger partial charge on any atom is -0.336 e. The molecule has 1 aromatic carbocycles. The first kappa shape index (κ1) is 17.5. The van der Waals surface area contributed by atoms with Gasteiger partial charge in [0.2, 0.25) is 0 Å². The highest BCUT2D eigenvalue weighted by molar-refractivity contribution is 5.95.